The number of nitro groups is 1. The van der Waals surface area contributed by atoms with Gasteiger partial charge >= 0.3 is 5.69 Å². The summed E-state index contributed by atoms with van der Waals surface area (Å²) in [5.74, 6) is 0.260. The first-order chi connectivity index (χ1) is 8.89. The predicted octanol–water partition coefficient (Wildman–Crippen LogP) is 3.48. The molecule has 0 heterocycles. The van der Waals surface area contributed by atoms with Crippen LogP contribution in [-0.2, 0) is 6.42 Å². The first kappa shape index (κ1) is 15.0. The van der Waals surface area contributed by atoms with Crippen molar-refractivity contribution >= 4 is 5.69 Å². The average molecular weight is 262 g/mol. The maximum Gasteiger partial charge on any atom is 0.311 e. The van der Waals surface area contributed by atoms with Gasteiger partial charge in [0.1, 0.15) is 0 Å². The van der Waals surface area contributed by atoms with Gasteiger partial charge in [0.25, 0.3) is 0 Å². The number of benzene rings is 1. The van der Waals surface area contributed by atoms with Gasteiger partial charge < -0.3 is 4.74 Å². The number of nitriles is 1. The fraction of sp³-hybridized carbons (Fsp3) is 0.500. The summed E-state index contributed by atoms with van der Waals surface area (Å²) in [6, 6.07) is 7.14. The van der Waals surface area contributed by atoms with Crippen LogP contribution in [0.15, 0.2) is 18.2 Å². The number of nitro benzene ring substituents is 1. The molecule has 19 heavy (non-hydrogen) atoms. The summed E-state index contributed by atoms with van der Waals surface area (Å²) in [6.07, 6.45) is 1.26. The van der Waals surface area contributed by atoms with E-state index in [0.717, 1.165) is 12.0 Å². The molecule has 0 saturated carbocycles. The molecular formula is C14H18N2O3. The highest BCUT2D eigenvalue weighted by Crippen LogP contribution is 2.29. The molecule has 1 aromatic carbocycles. The SMILES string of the molecule is CCc1ccc(OCCC(C)(C)C#N)c([N+](=O)[O-])c1. The van der Waals surface area contributed by atoms with E-state index in [0.29, 0.717) is 6.42 Å². The van der Waals surface area contributed by atoms with Crippen LogP contribution in [0.2, 0.25) is 0 Å². The molecule has 0 amide bonds. The van der Waals surface area contributed by atoms with Gasteiger partial charge in [0, 0.05) is 6.07 Å². The van der Waals surface area contributed by atoms with E-state index in [9.17, 15) is 10.1 Å². The molecule has 0 fully saturated rings. The molecular weight excluding hydrogens is 244 g/mol. The largest absolute Gasteiger partial charge is 0.487 e. The minimum absolute atomic E-state index is 0.0193. The fourth-order valence-electron chi connectivity index (χ4n) is 1.52. The van der Waals surface area contributed by atoms with Crippen LogP contribution in [0.1, 0.15) is 32.8 Å². The number of hydrogen-bond donors (Lipinski definition) is 0. The highest BCUT2D eigenvalue weighted by atomic mass is 16.6. The molecule has 1 rings (SSSR count). The van der Waals surface area contributed by atoms with E-state index in [1.807, 2.05) is 26.8 Å². The van der Waals surface area contributed by atoms with Gasteiger partial charge in [-0.15, -0.1) is 0 Å². The Bertz CT molecular complexity index is 504. The predicted molar refractivity (Wildman–Crippen MR) is 72.0 cm³/mol. The van der Waals surface area contributed by atoms with Gasteiger partial charge in [-0.1, -0.05) is 13.0 Å². The standard InChI is InChI=1S/C14H18N2O3/c1-4-11-5-6-13(12(9-11)16(17)18)19-8-7-14(2,3)10-15/h5-6,9H,4,7-8H2,1-3H3. The number of ether oxygens (including phenoxy) is 1. The van der Waals surface area contributed by atoms with Crippen molar-refractivity contribution in [3.8, 4) is 11.8 Å². The van der Waals surface area contributed by atoms with E-state index in [4.69, 9.17) is 10.00 Å². The number of aryl methyl sites for hydroxylation is 1. The highest BCUT2D eigenvalue weighted by Gasteiger charge is 2.19. The van der Waals surface area contributed by atoms with Gasteiger partial charge in [-0.25, -0.2) is 0 Å². The monoisotopic (exact) mass is 262 g/mol. The van der Waals surface area contributed by atoms with Crippen LogP contribution in [-0.4, -0.2) is 11.5 Å². The lowest BCUT2D eigenvalue weighted by molar-refractivity contribution is -0.385. The molecule has 0 N–H and O–H groups in total. The molecule has 0 saturated heterocycles. The Hall–Kier alpha value is -2.09. The van der Waals surface area contributed by atoms with Crippen LogP contribution in [0.25, 0.3) is 0 Å². The first-order valence-electron chi connectivity index (χ1n) is 6.21. The highest BCUT2D eigenvalue weighted by molar-refractivity contribution is 5.48. The zero-order valence-corrected chi connectivity index (χ0v) is 11.5. The van der Waals surface area contributed by atoms with Crippen LogP contribution in [0.5, 0.6) is 5.75 Å². The lowest BCUT2D eigenvalue weighted by Crippen LogP contribution is -2.13. The van der Waals surface area contributed by atoms with Crippen LogP contribution in [0.4, 0.5) is 5.69 Å². The van der Waals surface area contributed by atoms with Crippen molar-refractivity contribution in [3.05, 3.63) is 33.9 Å². The second-order valence-corrected chi connectivity index (χ2v) is 5.01. The van der Waals surface area contributed by atoms with Crippen LogP contribution >= 0.6 is 0 Å². The first-order valence-corrected chi connectivity index (χ1v) is 6.21. The van der Waals surface area contributed by atoms with Crippen molar-refractivity contribution in [1.29, 1.82) is 5.26 Å². The average Bonchev–Trinajstić information content (AvgIpc) is 2.38. The van der Waals surface area contributed by atoms with Crippen molar-refractivity contribution in [2.75, 3.05) is 6.61 Å². The lowest BCUT2D eigenvalue weighted by Gasteiger charge is -2.15. The maximum absolute atomic E-state index is 11.0. The minimum atomic E-state index is -0.488. The molecule has 1 aromatic rings. The van der Waals surface area contributed by atoms with Gasteiger partial charge in [-0.3, -0.25) is 10.1 Å². The minimum Gasteiger partial charge on any atom is -0.487 e. The van der Waals surface area contributed by atoms with Crippen LogP contribution < -0.4 is 4.74 Å². The Kier molecular flexibility index (Phi) is 4.87. The normalized spacial score (nSPS) is 10.8. The van der Waals surface area contributed by atoms with E-state index in [1.165, 1.54) is 6.07 Å². The smallest absolute Gasteiger partial charge is 0.311 e. The zero-order chi connectivity index (χ0) is 14.5. The Balaban J connectivity index is 2.79. The van der Waals surface area contributed by atoms with Gasteiger partial charge in [-0.05, 0) is 38.3 Å². The second-order valence-electron chi connectivity index (χ2n) is 5.01. The van der Waals surface area contributed by atoms with E-state index in [-0.39, 0.29) is 18.0 Å². The Morgan fingerprint density at radius 3 is 2.68 bits per heavy atom. The summed E-state index contributed by atoms with van der Waals surface area (Å²) in [5.41, 5.74) is 0.392. The molecule has 0 unspecified atom stereocenters. The van der Waals surface area contributed by atoms with E-state index in [2.05, 4.69) is 6.07 Å². The van der Waals surface area contributed by atoms with Crippen molar-refractivity contribution in [1.82, 2.24) is 0 Å². The zero-order valence-electron chi connectivity index (χ0n) is 11.5. The number of hydrogen-bond acceptors (Lipinski definition) is 4. The third kappa shape index (κ3) is 4.25. The molecule has 5 heteroatoms. The van der Waals surface area contributed by atoms with Gasteiger partial charge in [-0.2, -0.15) is 5.26 Å². The molecule has 0 aliphatic heterocycles. The van der Waals surface area contributed by atoms with E-state index < -0.39 is 10.3 Å². The maximum atomic E-state index is 11.0. The molecule has 0 aliphatic rings. The summed E-state index contributed by atoms with van der Waals surface area (Å²) in [7, 11) is 0. The van der Waals surface area contributed by atoms with Crippen molar-refractivity contribution in [2.45, 2.75) is 33.6 Å². The third-order valence-corrected chi connectivity index (χ3v) is 2.92. The van der Waals surface area contributed by atoms with Gasteiger partial charge in [0.15, 0.2) is 5.75 Å². The quantitative estimate of drug-likeness (QED) is 0.581. The Labute approximate surface area is 113 Å². The molecule has 0 aliphatic carbocycles. The van der Waals surface area contributed by atoms with E-state index >= 15 is 0 Å². The summed E-state index contributed by atoms with van der Waals surface area (Å²) in [5, 5.41) is 19.9. The third-order valence-electron chi connectivity index (χ3n) is 2.92. The van der Waals surface area contributed by atoms with Crippen molar-refractivity contribution < 1.29 is 9.66 Å². The number of nitrogens with zero attached hydrogens (tertiary/aromatic N) is 2. The summed E-state index contributed by atoms with van der Waals surface area (Å²) in [4.78, 5) is 10.5. The number of rotatable bonds is 6. The van der Waals surface area contributed by atoms with Crippen molar-refractivity contribution in [2.24, 2.45) is 5.41 Å². The molecule has 5 nitrogen and oxygen atoms in total. The van der Waals surface area contributed by atoms with Crippen molar-refractivity contribution in [3.63, 3.8) is 0 Å². The summed E-state index contributed by atoms with van der Waals surface area (Å²) >= 11 is 0. The second kappa shape index (κ2) is 6.19. The topological polar surface area (TPSA) is 76.2 Å². The summed E-state index contributed by atoms with van der Waals surface area (Å²) < 4.78 is 5.44. The Morgan fingerprint density at radius 2 is 2.16 bits per heavy atom. The van der Waals surface area contributed by atoms with E-state index in [1.54, 1.807) is 6.07 Å². The van der Waals surface area contributed by atoms with Crippen LogP contribution in [0, 0.1) is 26.9 Å². The van der Waals surface area contributed by atoms with Gasteiger partial charge in [0.2, 0.25) is 0 Å². The van der Waals surface area contributed by atoms with Gasteiger partial charge in [0.05, 0.1) is 23.0 Å². The molecule has 0 bridgehead atoms. The molecule has 102 valence electrons. The Morgan fingerprint density at radius 1 is 1.47 bits per heavy atom. The summed E-state index contributed by atoms with van der Waals surface area (Å²) in [6.45, 7) is 5.85. The molecule has 0 atom stereocenters. The fourth-order valence-corrected chi connectivity index (χ4v) is 1.52. The molecule has 0 aromatic heterocycles. The molecule has 0 radical (unpaired) electrons. The lowest BCUT2D eigenvalue weighted by atomic mass is 9.92. The molecule has 0 spiro atoms. The van der Waals surface area contributed by atoms with Crippen LogP contribution in [0.3, 0.4) is 0 Å².